The number of halogens is 1. The van der Waals surface area contributed by atoms with Crippen molar-refractivity contribution >= 4 is 23.5 Å². The topological polar surface area (TPSA) is 73.2 Å². The number of hydrogen-bond acceptors (Lipinski definition) is 4. The number of aryl methyl sites for hydroxylation is 1. The van der Waals surface area contributed by atoms with Gasteiger partial charge in [-0.15, -0.1) is 0 Å². The molecule has 140 valence electrons. The van der Waals surface area contributed by atoms with Crippen molar-refractivity contribution in [2.75, 3.05) is 6.61 Å². The maximum atomic E-state index is 12.1. The molecule has 1 heterocycles. The fourth-order valence-corrected chi connectivity index (χ4v) is 2.77. The van der Waals surface area contributed by atoms with Crippen LogP contribution in [-0.4, -0.2) is 34.3 Å². The molecule has 1 aromatic carbocycles. The molecule has 26 heavy (non-hydrogen) atoms. The summed E-state index contributed by atoms with van der Waals surface area (Å²) in [6.45, 7) is 7.40. The number of ether oxygens (including phenoxy) is 1. The Hall–Kier alpha value is -2.34. The number of benzene rings is 1. The Morgan fingerprint density at radius 1 is 1.27 bits per heavy atom. The zero-order valence-corrected chi connectivity index (χ0v) is 16.3. The van der Waals surface area contributed by atoms with E-state index in [9.17, 15) is 9.59 Å². The van der Waals surface area contributed by atoms with Crippen LogP contribution in [0.2, 0.25) is 5.02 Å². The molecule has 1 atom stereocenters. The number of rotatable bonds is 7. The molecule has 1 unspecified atom stereocenters. The fourth-order valence-electron chi connectivity index (χ4n) is 2.65. The van der Waals surface area contributed by atoms with Gasteiger partial charge in [-0.25, -0.2) is 9.48 Å². The number of amides is 1. The van der Waals surface area contributed by atoms with E-state index in [1.54, 1.807) is 28.9 Å². The van der Waals surface area contributed by atoms with E-state index in [2.05, 4.69) is 10.4 Å². The lowest BCUT2D eigenvalue weighted by atomic mass is 10.2. The smallest absolute Gasteiger partial charge is 0.338 e. The highest BCUT2D eigenvalue weighted by Crippen LogP contribution is 2.22. The summed E-state index contributed by atoms with van der Waals surface area (Å²) in [6.07, 6.45) is 1.87. The number of carbonyl (C=O) groups excluding carboxylic acids is 2. The van der Waals surface area contributed by atoms with Crippen LogP contribution in [0.1, 0.15) is 48.4 Å². The van der Waals surface area contributed by atoms with E-state index in [0.29, 0.717) is 10.6 Å². The number of esters is 1. The van der Waals surface area contributed by atoms with Crippen LogP contribution in [0.5, 0.6) is 0 Å². The molecule has 7 heteroatoms. The Kier molecular flexibility index (Phi) is 6.80. The maximum absolute atomic E-state index is 12.1. The van der Waals surface area contributed by atoms with Gasteiger partial charge in [0.05, 0.1) is 27.7 Å². The summed E-state index contributed by atoms with van der Waals surface area (Å²) in [4.78, 5) is 23.9. The average Bonchev–Trinajstić information content (AvgIpc) is 2.87. The summed E-state index contributed by atoms with van der Waals surface area (Å²) < 4.78 is 6.78. The van der Waals surface area contributed by atoms with Crippen molar-refractivity contribution in [3.05, 3.63) is 46.2 Å². The molecule has 1 N–H and O–H groups in total. The third-order valence-electron chi connectivity index (χ3n) is 4.01. The largest absolute Gasteiger partial charge is 0.452 e. The number of nitrogens with one attached hydrogen (secondary N) is 1. The van der Waals surface area contributed by atoms with Gasteiger partial charge >= 0.3 is 5.97 Å². The number of hydrogen-bond donors (Lipinski definition) is 1. The van der Waals surface area contributed by atoms with Crippen LogP contribution >= 0.6 is 11.6 Å². The molecular weight excluding hydrogens is 354 g/mol. The fraction of sp³-hybridized carbons (Fsp3) is 0.421. The van der Waals surface area contributed by atoms with Crippen LogP contribution in [0.4, 0.5) is 0 Å². The zero-order chi connectivity index (χ0) is 19.3. The molecule has 0 saturated carbocycles. The van der Waals surface area contributed by atoms with Gasteiger partial charge in [0.15, 0.2) is 6.61 Å². The van der Waals surface area contributed by atoms with E-state index in [4.69, 9.17) is 16.3 Å². The normalized spacial score (nSPS) is 11.9. The lowest BCUT2D eigenvalue weighted by Crippen LogP contribution is -2.35. The molecule has 1 amide bonds. The Morgan fingerprint density at radius 2 is 1.92 bits per heavy atom. The summed E-state index contributed by atoms with van der Waals surface area (Å²) in [7, 11) is 0. The van der Waals surface area contributed by atoms with Crippen LogP contribution in [0.3, 0.4) is 0 Å². The molecule has 2 aromatic rings. The van der Waals surface area contributed by atoms with Crippen LogP contribution in [-0.2, 0) is 9.53 Å². The van der Waals surface area contributed by atoms with Gasteiger partial charge in [-0.3, -0.25) is 4.79 Å². The van der Waals surface area contributed by atoms with Crippen molar-refractivity contribution in [2.45, 2.75) is 46.6 Å². The van der Waals surface area contributed by atoms with Gasteiger partial charge < -0.3 is 10.1 Å². The summed E-state index contributed by atoms with van der Waals surface area (Å²) in [5.41, 5.74) is 2.74. The van der Waals surface area contributed by atoms with E-state index < -0.39 is 5.97 Å². The highest BCUT2D eigenvalue weighted by Gasteiger charge is 2.14. The lowest BCUT2D eigenvalue weighted by Gasteiger charge is -2.12. The van der Waals surface area contributed by atoms with E-state index >= 15 is 0 Å². The molecule has 0 aliphatic carbocycles. The number of aromatic nitrogens is 2. The minimum Gasteiger partial charge on any atom is -0.452 e. The lowest BCUT2D eigenvalue weighted by molar-refractivity contribution is -0.124. The molecule has 0 aliphatic rings. The van der Waals surface area contributed by atoms with Gasteiger partial charge in [-0.1, -0.05) is 24.9 Å². The SMILES string of the molecule is CCCC(C)NC(=O)COC(=O)c1ccc(-n2nc(C)c(Cl)c2C)cc1. The second-order valence-corrected chi connectivity index (χ2v) is 6.65. The van der Waals surface area contributed by atoms with E-state index in [-0.39, 0.29) is 18.6 Å². The monoisotopic (exact) mass is 377 g/mol. The first-order valence-electron chi connectivity index (χ1n) is 8.62. The summed E-state index contributed by atoms with van der Waals surface area (Å²) >= 11 is 6.16. The Bertz CT molecular complexity index is 784. The Balaban J connectivity index is 1.96. The van der Waals surface area contributed by atoms with Crippen LogP contribution in [0, 0.1) is 13.8 Å². The summed E-state index contributed by atoms with van der Waals surface area (Å²) in [6, 6.07) is 6.86. The van der Waals surface area contributed by atoms with Gasteiger partial charge in [-0.05, 0) is 51.5 Å². The van der Waals surface area contributed by atoms with Crippen molar-refractivity contribution in [2.24, 2.45) is 0 Å². The van der Waals surface area contributed by atoms with Crippen molar-refractivity contribution < 1.29 is 14.3 Å². The van der Waals surface area contributed by atoms with Gasteiger partial charge in [-0.2, -0.15) is 5.10 Å². The molecule has 0 bridgehead atoms. The molecule has 0 aliphatic heterocycles. The van der Waals surface area contributed by atoms with Crippen LogP contribution in [0.15, 0.2) is 24.3 Å². The minimum absolute atomic E-state index is 0.0677. The third kappa shape index (κ3) is 4.85. The van der Waals surface area contributed by atoms with Crippen molar-refractivity contribution in [1.82, 2.24) is 15.1 Å². The van der Waals surface area contributed by atoms with Gasteiger partial charge in [0.25, 0.3) is 5.91 Å². The maximum Gasteiger partial charge on any atom is 0.338 e. The minimum atomic E-state index is -0.541. The Morgan fingerprint density at radius 3 is 2.46 bits per heavy atom. The number of nitrogens with zero attached hydrogens (tertiary/aromatic N) is 2. The molecule has 1 aromatic heterocycles. The molecule has 0 saturated heterocycles. The highest BCUT2D eigenvalue weighted by molar-refractivity contribution is 6.31. The number of carbonyl (C=O) groups is 2. The van der Waals surface area contributed by atoms with Crippen molar-refractivity contribution in [1.29, 1.82) is 0 Å². The Labute approximate surface area is 158 Å². The molecule has 0 radical (unpaired) electrons. The summed E-state index contributed by atoms with van der Waals surface area (Å²) in [5, 5.41) is 7.79. The predicted molar refractivity (Wildman–Crippen MR) is 101 cm³/mol. The van der Waals surface area contributed by atoms with E-state index in [0.717, 1.165) is 29.9 Å². The second-order valence-electron chi connectivity index (χ2n) is 6.28. The van der Waals surface area contributed by atoms with Gasteiger partial charge in [0.1, 0.15) is 0 Å². The quantitative estimate of drug-likeness (QED) is 0.748. The highest BCUT2D eigenvalue weighted by atomic mass is 35.5. The van der Waals surface area contributed by atoms with Crippen LogP contribution < -0.4 is 5.32 Å². The molecular formula is C19H24ClN3O3. The first-order chi connectivity index (χ1) is 12.3. The molecule has 0 fully saturated rings. The van der Waals surface area contributed by atoms with Gasteiger partial charge in [0.2, 0.25) is 0 Å². The van der Waals surface area contributed by atoms with Gasteiger partial charge in [0, 0.05) is 6.04 Å². The van der Waals surface area contributed by atoms with Crippen molar-refractivity contribution in [3.63, 3.8) is 0 Å². The first-order valence-corrected chi connectivity index (χ1v) is 9.00. The molecule has 6 nitrogen and oxygen atoms in total. The first kappa shape index (κ1) is 20.0. The third-order valence-corrected chi connectivity index (χ3v) is 4.56. The molecule has 2 rings (SSSR count). The van der Waals surface area contributed by atoms with E-state index in [1.165, 1.54) is 0 Å². The standard InChI is InChI=1S/C19H24ClN3O3/c1-5-6-12(2)21-17(24)11-26-19(25)15-7-9-16(10-8-15)23-14(4)18(20)13(3)22-23/h7-10,12H,5-6,11H2,1-4H3,(H,21,24). The van der Waals surface area contributed by atoms with Crippen LogP contribution in [0.25, 0.3) is 5.69 Å². The second kappa shape index (κ2) is 8.85. The predicted octanol–water partition coefficient (Wildman–Crippen LogP) is 3.60. The van der Waals surface area contributed by atoms with Crippen molar-refractivity contribution in [3.8, 4) is 5.69 Å². The summed E-state index contributed by atoms with van der Waals surface area (Å²) in [5.74, 6) is -0.838. The average molecular weight is 378 g/mol. The van der Waals surface area contributed by atoms with E-state index in [1.807, 2.05) is 27.7 Å². The molecule has 0 spiro atoms. The zero-order valence-electron chi connectivity index (χ0n) is 15.5.